The Balaban J connectivity index is 1.71. The summed E-state index contributed by atoms with van der Waals surface area (Å²) in [6.07, 6.45) is 0. The molecule has 0 aliphatic rings. The molecule has 0 fully saturated rings. The Labute approximate surface area is 313 Å². The number of aromatic hydroxyl groups is 4. The molecule has 0 aromatic heterocycles. The summed E-state index contributed by atoms with van der Waals surface area (Å²) >= 11 is 0. The lowest BCUT2D eigenvalue weighted by Crippen LogP contribution is -2.29. The standard InChI is InChI=1S/C26H30N2O22P6/c29-19-5-1-15(51(33,34)35)11-23(19)47-55(45,48-24-12-16(52(36,37)38)2-6-20(24)30)27-9-10-28-56(46,49-25-13-17(53(39,40)41)3-7-21(25)31)50-26-14-18(54(42,43)44)4-8-22(26)32/h1-8,11-14,29-32H,9-10H2,(H,27,45)(H,28,46)(H2,33,34,35)(H2,36,37,38)(H2,39,40,41)(H2,42,43,44). The number of benzene rings is 4. The lowest BCUT2D eigenvalue weighted by molar-refractivity contribution is 0.341. The van der Waals surface area contributed by atoms with Crippen molar-refractivity contribution in [1.82, 2.24) is 10.2 Å². The van der Waals surface area contributed by atoms with Gasteiger partial charge in [0.05, 0.1) is 21.2 Å². The van der Waals surface area contributed by atoms with Crippen LogP contribution in [-0.2, 0) is 27.4 Å². The van der Waals surface area contributed by atoms with Crippen LogP contribution in [0.1, 0.15) is 0 Å². The molecule has 0 unspecified atom stereocenters. The molecule has 306 valence electrons. The molecule has 0 aliphatic heterocycles. The van der Waals surface area contributed by atoms with Crippen LogP contribution in [-0.4, -0.2) is 72.7 Å². The van der Waals surface area contributed by atoms with E-state index in [1.165, 1.54) is 0 Å². The highest BCUT2D eigenvalue weighted by molar-refractivity contribution is 7.61. The zero-order valence-corrected chi connectivity index (χ0v) is 32.8. The normalized spacial score (nSPS) is 12.9. The second-order valence-corrected chi connectivity index (χ2v) is 20.7. The van der Waals surface area contributed by atoms with E-state index in [1.807, 2.05) is 0 Å². The molecule has 0 atom stereocenters. The van der Waals surface area contributed by atoms with Crippen molar-refractivity contribution < 1.29 is 105 Å². The van der Waals surface area contributed by atoms with Crippen LogP contribution < -0.4 is 49.5 Å². The molecule has 4 aromatic rings. The predicted molar refractivity (Wildman–Crippen MR) is 193 cm³/mol. The molecule has 0 bridgehead atoms. The van der Waals surface area contributed by atoms with E-state index in [1.54, 1.807) is 0 Å². The highest BCUT2D eigenvalue weighted by atomic mass is 31.2. The Hall–Kier alpha value is -3.74. The fourth-order valence-electron chi connectivity index (χ4n) is 4.10. The van der Waals surface area contributed by atoms with E-state index in [-0.39, 0.29) is 0 Å². The van der Waals surface area contributed by atoms with Crippen LogP contribution in [0.25, 0.3) is 0 Å². The molecular weight excluding hydrogens is 878 g/mol. The first-order valence-electron chi connectivity index (χ1n) is 14.6. The van der Waals surface area contributed by atoms with Gasteiger partial charge in [0.1, 0.15) is 0 Å². The summed E-state index contributed by atoms with van der Waals surface area (Å²) in [6, 6.07) is 8.35. The number of phenolic OH excluding ortho intramolecular Hbond substituents is 4. The molecule has 0 aliphatic carbocycles. The molecular formula is C26H30N2O22P6. The van der Waals surface area contributed by atoms with Crippen molar-refractivity contribution in [2.45, 2.75) is 0 Å². The van der Waals surface area contributed by atoms with E-state index >= 15 is 0 Å². The van der Waals surface area contributed by atoms with Gasteiger partial charge in [0, 0.05) is 13.1 Å². The zero-order chi connectivity index (χ0) is 42.1. The molecule has 4 aromatic carbocycles. The third-order valence-electron chi connectivity index (χ3n) is 6.73. The van der Waals surface area contributed by atoms with Gasteiger partial charge in [-0.15, -0.1) is 0 Å². The summed E-state index contributed by atoms with van der Waals surface area (Å²) in [5.41, 5.74) is 0. The quantitative estimate of drug-likeness (QED) is 0.0513. The maximum atomic E-state index is 14.1. The molecule has 0 saturated carbocycles. The van der Waals surface area contributed by atoms with Gasteiger partial charge in [-0.1, -0.05) is 0 Å². The molecule has 56 heavy (non-hydrogen) atoms. The molecule has 4 rings (SSSR count). The lowest BCUT2D eigenvalue weighted by atomic mass is 10.3. The summed E-state index contributed by atoms with van der Waals surface area (Å²) in [4.78, 5) is 76.6. The highest BCUT2D eigenvalue weighted by Crippen LogP contribution is 2.52. The first-order valence-corrected chi connectivity index (χ1v) is 24.2. The van der Waals surface area contributed by atoms with Crippen molar-refractivity contribution in [2.24, 2.45) is 0 Å². The minimum Gasteiger partial charge on any atom is -0.504 e. The number of hydrogen-bond donors (Lipinski definition) is 14. The number of nitrogens with one attached hydrogen (secondary N) is 2. The molecule has 24 nitrogen and oxygen atoms in total. The summed E-state index contributed by atoms with van der Waals surface area (Å²) in [6.45, 7) is -1.62. The Morgan fingerprint density at radius 2 is 0.571 bits per heavy atom. The Morgan fingerprint density at radius 3 is 0.750 bits per heavy atom. The van der Waals surface area contributed by atoms with Crippen LogP contribution >= 0.6 is 45.9 Å². The Kier molecular flexibility index (Phi) is 13.3. The maximum absolute atomic E-state index is 14.1. The van der Waals surface area contributed by atoms with Gasteiger partial charge in [-0.2, -0.15) is 10.2 Å². The molecule has 14 N–H and O–H groups in total. The first-order chi connectivity index (χ1) is 25.6. The summed E-state index contributed by atoms with van der Waals surface area (Å²) < 4.78 is 96.6. The molecule has 0 heterocycles. The van der Waals surface area contributed by atoms with Crippen LogP contribution in [0, 0.1) is 0 Å². The van der Waals surface area contributed by atoms with Crippen LogP contribution in [0.15, 0.2) is 72.8 Å². The summed E-state index contributed by atoms with van der Waals surface area (Å²) in [7, 11) is -30.5. The molecule has 0 amide bonds. The summed E-state index contributed by atoms with van der Waals surface area (Å²) in [5, 5.41) is 42.6. The second kappa shape index (κ2) is 16.6. The minimum absolute atomic E-state index is 0.560. The molecule has 0 radical (unpaired) electrons. The van der Waals surface area contributed by atoms with Crippen LogP contribution in [0.2, 0.25) is 0 Å². The summed E-state index contributed by atoms with van der Waals surface area (Å²) in [5.74, 6) is -7.12. The average Bonchev–Trinajstić information content (AvgIpc) is 3.05. The average molecular weight is 908 g/mol. The third kappa shape index (κ3) is 11.9. The van der Waals surface area contributed by atoms with Gasteiger partial charge >= 0.3 is 45.9 Å². The third-order valence-corrected chi connectivity index (χ3v) is 13.5. The first kappa shape index (κ1) is 45.0. The van der Waals surface area contributed by atoms with Gasteiger partial charge in [-0.05, 0) is 72.8 Å². The number of hydrogen-bond acceptors (Lipinski definition) is 14. The number of phenols is 4. The van der Waals surface area contributed by atoms with Crippen molar-refractivity contribution in [3.05, 3.63) is 72.8 Å². The number of rotatable bonds is 17. The fraction of sp³-hybridized carbons (Fsp3) is 0.0769. The van der Waals surface area contributed by atoms with Crippen LogP contribution in [0.5, 0.6) is 46.0 Å². The van der Waals surface area contributed by atoms with E-state index in [0.717, 1.165) is 48.5 Å². The maximum Gasteiger partial charge on any atom is 0.513 e. The smallest absolute Gasteiger partial charge is 0.504 e. The zero-order valence-electron chi connectivity index (χ0n) is 27.5. The van der Waals surface area contributed by atoms with E-state index < -0.39 is 126 Å². The Morgan fingerprint density at radius 1 is 0.375 bits per heavy atom. The van der Waals surface area contributed by atoms with Crippen molar-refractivity contribution >= 4 is 67.1 Å². The van der Waals surface area contributed by atoms with Gasteiger partial charge in [0.15, 0.2) is 46.0 Å². The van der Waals surface area contributed by atoms with E-state index in [9.17, 15) is 87.0 Å². The lowest BCUT2D eigenvalue weighted by Gasteiger charge is -2.24. The minimum atomic E-state index is -5.18. The van der Waals surface area contributed by atoms with Crippen LogP contribution in [0.4, 0.5) is 0 Å². The topological polar surface area (TPSA) is 406 Å². The van der Waals surface area contributed by atoms with Gasteiger partial charge in [-0.25, -0.2) is 9.13 Å². The Bertz CT molecular complexity index is 2100. The van der Waals surface area contributed by atoms with Crippen molar-refractivity contribution in [1.29, 1.82) is 0 Å². The largest absolute Gasteiger partial charge is 0.513 e. The van der Waals surface area contributed by atoms with E-state index in [4.69, 9.17) is 18.1 Å². The monoisotopic (exact) mass is 908 g/mol. The highest BCUT2D eigenvalue weighted by Gasteiger charge is 2.36. The second-order valence-electron chi connectivity index (χ2n) is 11.0. The van der Waals surface area contributed by atoms with Crippen LogP contribution in [0.3, 0.4) is 0 Å². The van der Waals surface area contributed by atoms with Gasteiger partial charge in [0.25, 0.3) is 0 Å². The van der Waals surface area contributed by atoms with E-state index in [0.29, 0.717) is 24.3 Å². The van der Waals surface area contributed by atoms with Gasteiger partial charge < -0.3 is 77.7 Å². The molecule has 30 heteroatoms. The fourth-order valence-corrected chi connectivity index (χ4v) is 9.04. The van der Waals surface area contributed by atoms with Crippen molar-refractivity contribution in [2.75, 3.05) is 13.1 Å². The predicted octanol–water partition coefficient (Wildman–Crippen LogP) is 0.732. The SMILES string of the molecule is O=P(NCCNP(=O)(Oc1cc(P(=O)(O)O)ccc1O)Oc1cc(P(=O)(O)O)ccc1O)(Oc1cc(P(=O)(O)O)ccc1O)Oc1cc(P(=O)(O)O)ccc1O. The van der Waals surface area contributed by atoms with E-state index in [2.05, 4.69) is 10.2 Å². The molecule has 0 spiro atoms. The van der Waals surface area contributed by atoms with Crippen molar-refractivity contribution in [3.63, 3.8) is 0 Å². The van der Waals surface area contributed by atoms with Gasteiger partial charge in [-0.3, -0.25) is 18.3 Å². The van der Waals surface area contributed by atoms with Crippen molar-refractivity contribution in [3.8, 4) is 46.0 Å². The van der Waals surface area contributed by atoms with Gasteiger partial charge in [0.2, 0.25) is 0 Å². The molecule has 0 saturated heterocycles.